The van der Waals surface area contributed by atoms with E-state index in [4.69, 9.17) is 44.1 Å². The second kappa shape index (κ2) is 13.7. The molecule has 0 saturated carbocycles. The molecule has 252 valence electrons. The van der Waals surface area contributed by atoms with E-state index in [2.05, 4.69) is 38.6 Å². The Labute approximate surface area is 283 Å². The number of hydrogen-bond acceptors (Lipinski definition) is 12. The largest absolute Gasteiger partial charge is 0.508 e. The Morgan fingerprint density at radius 3 is 1.82 bits per heavy atom. The number of ether oxygens (including phenoxy) is 3. The molecule has 6 heterocycles. The van der Waals surface area contributed by atoms with Gasteiger partial charge in [0, 0.05) is 57.5 Å². The summed E-state index contributed by atoms with van der Waals surface area (Å²) in [7, 11) is 1.70. The van der Waals surface area contributed by atoms with E-state index in [0.29, 0.717) is 82.3 Å². The van der Waals surface area contributed by atoms with Crippen LogP contribution in [-0.4, -0.2) is 110 Å². The number of aryl methyl sites for hydroxylation is 2. The highest BCUT2D eigenvalue weighted by molar-refractivity contribution is 5.89. The highest BCUT2D eigenvalue weighted by Crippen LogP contribution is 2.31. The van der Waals surface area contributed by atoms with Crippen molar-refractivity contribution in [3.05, 3.63) is 66.7 Å². The average molecular weight is 663 g/mol. The van der Waals surface area contributed by atoms with Crippen LogP contribution in [0.3, 0.4) is 0 Å². The summed E-state index contributed by atoms with van der Waals surface area (Å²) in [5, 5.41) is 10.2. The monoisotopic (exact) mass is 662 g/mol. The molecule has 0 atom stereocenters. The molecule has 0 bridgehead atoms. The molecule has 2 aliphatic rings. The summed E-state index contributed by atoms with van der Waals surface area (Å²) >= 11 is 0. The molecule has 0 radical (unpaired) electrons. The minimum atomic E-state index is 0.177. The van der Waals surface area contributed by atoms with Gasteiger partial charge in [0.15, 0.2) is 11.3 Å². The van der Waals surface area contributed by atoms with Crippen LogP contribution in [0.2, 0.25) is 0 Å². The Morgan fingerprint density at radius 2 is 1.24 bits per heavy atom. The van der Waals surface area contributed by atoms with Crippen LogP contribution >= 0.6 is 0 Å². The number of methoxy groups -OCH3 is 1. The number of phenols is 1. The van der Waals surface area contributed by atoms with E-state index < -0.39 is 0 Å². The van der Waals surface area contributed by atoms with Crippen molar-refractivity contribution in [2.75, 3.05) is 76.1 Å². The summed E-state index contributed by atoms with van der Waals surface area (Å²) in [4.78, 5) is 33.8. The molecule has 6 aromatic rings. The van der Waals surface area contributed by atoms with E-state index >= 15 is 0 Å². The maximum atomic E-state index is 10.2. The zero-order chi connectivity index (χ0) is 33.2. The number of fused-ring (bicyclic) bond motifs is 2. The molecule has 49 heavy (non-hydrogen) atoms. The van der Waals surface area contributed by atoms with Crippen molar-refractivity contribution in [2.24, 2.45) is 0 Å². The van der Waals surface area contributed by atoms with Gasteiger partial charge in [0.25, 0.3) is 0 Å². The molecular weight excluding hydrogens is 624 g/mol. The first-order valence-electron chi connectivity index (χ1n) is 16.6. The smallest absolute Gasteiger partial charge is 0.228 e. The van der Waals surface area contributed by atoms with Crippen molar-refractivity contribution in [3.8, 4) is 28.3 Å². The Kier molecular flexibility index (Phi) is 8.73. The predicted octanol–water partition coefficient (Wildman–Crippen LogP) is 3.57. The number of benzene rings is 2. The standard InChI is InChI=1S/C35H38N10O4/c1-47-15-10-45-23-37-30-28(38-34(41-33(30)45)42-11-16-48-17-12-42)25-5-2-4-24(20-25)8-9-44-22-36-31-29(26-6-3-7-27(46)21-26)39-35(40-32(31)44)43-13-18-49-19-14-43/h2-7,20-23,46H,8-19H2,1H3. The molecule has 0 unspecified atom stereocenters. The quantitative estimate of drug-likeness (QED) is 0.229. The normalized spacial score (nSPS) is 15.4. The Balaban J connectivity index is 1.12. The highest BCUT2D eigenvalue weighted by Gasteiger charge is 2.22. The van der Waals surface area contributed by atoms with Gasteiger partial charge in [0.1, 0.15) is 28.2 Å². The van der Waals surface area contributed by atoms with E-state index in [1.165, 1.54) is 0 Å². The van der Waals surface area contributed by atoms with Gasteiger partial charge in [-0.15, -0.1) is 0 Å². The highest BCUT2D eigenvalue weighted by atomic mass is 16.5. The third-order valence-corrected chi connectivity index (χ3v) is 8.99. The number of aromatic nitrogens is 8. The zero-order valence-electron chi connectivity index (χ0n) is 27.4. The summed E-state index contributed by atoms with van der Waals surface area (Å²) in [6, 6.07) is 15.6. The zero-order valence-corrected chi connectivity index (χ0v) is 27.4. The van der Waals surface area contributed by atoms with Crippen LogP contribution in [0.4, 0.5) is 11.9 Å². The van der Waals surface area contributed by atoms with Crippen LogP contribution in [0.25, 0.3) is 44.8 Å². The average Bonchev–Trinajstić information content (AvgIpc) is 3.77. The number of anilines is 2. The number of phenolic OH excluding ortho intramolecular Hbond substituents is 1. The molecule has 0 aliphatic carbocycles. The van der Waals surface area contributed by atoms with Gasteiger partial charge in [-0.05, 0) is 30.2 Å². The van der Waals surface area contributed by atoms with Crippen molar-refractivity contribution in [1.29, 1.82) is 0 Å². The predicted molar refractivity (Wildman–Crippen MR) is 185 cm³/mol. The van der Waals surface area contributed by atoms with Gasteiger partial charge >= 0.3 is 0 Å². The van der Waals surface area contributed by atoms with Gasteiger partial charge in [-0.2, -0.15) is 9.97 Å². The lowest BCUT2D eigenvalue weighted by Crippen LogP contribution is -2.37. The van der Waals surface area contributed by atoms with Crippen molar-refractivity contribution in [1.82, 2.24) is 39.0 Å². The van der Waals surface area contributed by atoms with Crippen LogP contribution in [0.15, 0.2) is 61.2 Å². The van der Waals surface area contributed by atoms with Gasteiger partial charge in [-0.25, -0.2) is 19.9 Å². The number of imidazole rings is 2. The van der Waals surface area contributed by atoms with Crippen LogP contribution in [-0.2, 0) is 33.7 Å². The number of aromatic hydroxyl groups is 1. The third kappa shape index (κ3) is 6.37. The lowest BCUT2D eigenvalue weighted by molar-refractivity contribution is 0.122. The number of morpholine rings is 2. The first-order valence-corrected chi connectivity index (χ1v) is 16.6. The van der Waals surface area contributed by atoms with Crippen LogP contribution < -0.4 is 9.80 Å². The lowest BCUT2D eigenvalue weighted by Gasteiger charge is -2.27. The molecule has 0 spiro atoms. The van der Waals surface area contributed by atoms with Crippen LogP contribution in [0, 0.1) is 0 Å². The summed E-state index contributed by atoms with van der Waals surface area (Å²) < 4.78 is 20.6. The van der Waals surface area contributed by atoms with Gasteiger partial charge < -0.3 is 38.3 Å². The van der Waals surface area contributed by atoms with E-state index in [0.717, 1.165) is 58.7 Å². The minimum absolute atomic E-state index is 0.177. The van der Waals surface area contributed by atoms with E-state index in [1.54, 1.807) is 19.2 Å². The first-order chi connectivity index (χ1) is 24.1. The molecule has 2 aromatic carbocycles. The van der Waals surface area contributed by atoms with Gasteiger partial charge in [0.2, 0.25) is 11.9 Å². The topological polar surface area (TPSA) is 142 Å². The van der Waals surface area contributed by atoms with E-state index in [9.17, 15) is 5.11 Å². The van der Waals surface area contributed by atoms with Crippen molar-refractivity contribution in [2.45, 2.75) is 19.5 Å². The molecule has 8 rings (SSSR count). The van der Waals surface area contributed by atoms with Gasteiger partial charge in [0.05, 0.1) is 45.7 Å². The summed E-state index contributed by atoms with van der Waals surface area (Å²) in [6.07, 6.45) is 4.38. The van der Waals surface area contributed by atoms with E-state index in [1.807, 2.05) is 29.4 Å². The SMILES string of the molecule is COCCn1cnc2c(-c3cccc(CCn4cnc5c(-c6cccc(O)c6)nc(N6CCOCC6)nc54)c3)nc(N3CCOCC3)nc21. The molecule has 2 fully saturated rings. The fourth-order valence-electron chi connectivity index (χ4n) is 6.37. The maximum absolute atomic E-state index is 10.2. The van der Waals surface area contributed by atoms with Crippen molar-refractivity contribution < 1.29 is 19.3 Å². The molecular formula is C35H38N10O4. The molecule has 2 aliphatic heterocycles. The third-order valence-electron chi connectivity index (χ3n) is 8.99. The molecule has 14 heteroatoms. The minimum Gasteiger partial charge on any atom is -0.508 e. The number of rotatable bonds is 10. The second-order valence-electron chi connectivity index (χ2n) is 12.2. The summed E-state index contributed by atoms with van der Waals surface area (Å²) in [5.41, 5.74) is 7.41. The Hall–Kier alpha value is -5.18. The van der Waals surface area contributed by atoms with Crippen LogP contribution in [0.1, 0.15) is 5.56 Å². The summed E-state index contributed by atoms with van der Waals surface area (Å²) in [5.74, 6) is 1.49. The Morgan fingerprint density at radius 1 is 0.694 bits per heavy atom. The van der Waals surface area contributed by atoms with Gasteiger partial charge in [-0.3, -0.25) is 0 Å². The van der Waals surface area contributed by atoms with Crippen molar-refractivity contribution in [3.63, 3.8) is 0 Å². The Bertz CT molecular complexity index is 2080. The fraction of sp³-hybridized carbons (Fsp3) is 0.371. The number of hydrogen-bond donors (Lipinski definition) is 1. The maximum Gasteiger partial charge on any atom is 0.228 e. The second-order valence-corrected chi connectivity index (χ2v) is 12.2. The summed E-state index contributed by atoms with van der Waals surface area (Å²) in [6.45, 7) is 7.29. The molecule has 1 N–H and O–H groups in total. The van der Waals surface area contributed by atoms with Gasteiger partial charge in [-0.1, -0.05) is 30.3 Å². The van der Waals surface area contributed by atoms with Crippen molar-refractivity contribution >= 4 is 34.2 Å². The number of nitrogens with zero attached hydrogens (tertiary/aromatic N) is 10. The van der Waals surface area contributed by atoms with E-state index in [-0.39, 0.29) is 5.75 Å². The fourth-order valence-corrected chi connectivity index (χ4v) is 6.37. The molecule has 2 saturated heterocycles. The van der Waals surface area contributed by atoms with Crippen LogP contribution in [0.5, 0.6) is 5.75 Å². The molecule has 4 aromatic heterocycles. The molecule has 14 nitrogen and oxygen atoms in total. The first kappa shape index (κ1) is 31.1. The molecule has 0 amide bonds. The lowest BCUT2D eigenvalue weighted by atomic mass is 10.0.